The van der Waals surface area contributed by atoms with Crippen LogP contribution < -0.4 is 9.62 Å². The van der Waals surface area contributed by atoms with E-state index in [0.717, 1.165) is 53.3 Å². The lowest BCUT2D eigenvalue weighted by molar-refractivity contribution is -0.119. The fraction of sp³-hybridized carbons (Fsp3) is 0.240. The van der Waals surface area contributed by atoms with E-state index in [2.05, 4.69) is 4.72 Å². The molecule has 1 N–H and O–H groups in total. The number of anilines is 2. The first-order chi connectivity index (χ1) is 15.5. The zero-order chi connectivity index (χ0) is 21.9. The molecule has 6 rings (SSSR count). The number of para-hydroxylation sites is 1. The summed E-state index contributed by atoms with van der Waals surface area (Å²) in [6.45, 7) is 0.683. The smallest absolute Gasteiger partial charge is 0.261 e. The average molecular weight is 447 g/mol. The molecule has 1 amide bonds. The fourth-order valence-corrected chi connectivity index (χ4v) is 5.58. The molecule has 1 fully saturated rings. The van der Waals surface area contributed by atoms with Crippen molar-refractivity contribution >= 4 is 49.2 Å². The molecule has 0 spiro atoms. The maximum Gasteiger partial charge on any atom is 0.261 e. The highest BCUT2D eigenvalue weighted by Crippen LogP contribution is 2.37. The van der Waals surface area contributed by atoms with Crippen LogP contribution in [0.4, 0.5) is 11.4 Å². The standard InChI is InChI=1S/C25H22N2O4S/c28-25(17-7-8-17)27-13-3-4-16-9-10-18(14-22(16)27)26-32(29,30)19-11-12-24-21(15-19)20-5-1-2-6-23(20)31-24/h1-2,5-6,9-12,14-15,17,26H,3-4,7-8,13H2. The van der Waals surface area contributed by atoms with Gasteiger partial charge in [-0.05, 0) is 67.6 Å². The van der Waals surface area contributed by atoms with E-state index in [1.165, 1.54) is 0 Å². The minimum Gasteiger partial charge on any atom is -0.456 e. The van der Waals surface area contributed by atoms with Crippen molar-refractivity contribution < 1.29 is 17.6 Å². The van der Waals surface area contributed by atoms with Gasteiger partial charge >= 0.3 is 0 Å². The average Bonchev–Trinajstić information content (AvgIpc) is 3.58. The molecule has 3 aromatic carbocycles. The third kappa shape index (κ3) is 3.24. The highest BCUT2D eigenvalue weighted by Gasteiger charge is 2.35. The van der Waals surface area contributed by atoms with Gasteiger partial charge in [-0.3, -0.25) is 9.52 Å². The van der Waals surface area contributed by atoms with E-state index in [-0.39, 0.29) is 16.7 Å². The molecule has 32 heavy (non-hydrogen) atoms. The lowest BCUT2D eigenvalue weighted by atomic mass is 10.0. The van der Waals surface area contributed by atoms with E-state index in [4.69, 9.17) is 4.42 Å². The number of hydrogen-bond donors (Lipinski definition) is 1. The SMILES string of the molecule is O=C(C1CC1)N1CCCc2ccc(NS(=O)(=O)c3ccc4oc5ccccc5c4c3)cc21. The van der Waals surface area contributed by atoms with Gasteiger partial charge in [0.2, 0.25) is 5.91 Å². The molecular weight excluding hydrogens is 424 g/mol. The van der Waals surface area contributed by atoms with Gasteiger partial charge in [0.1, 0.15) is 11.2 Å². The van der Waals surface area contributed by atoms with Crippen molar-refractivity contribution in [2.75, 3.05) is 16.2 Å². The Hall–Kier alpha value is -3.32. The lowest BCUT2D eigenvalue weighted by Crippen LogP contribution is -2.36. The van der Waals surface area contributed by atoms with E-state index >= 15 is 0 Å². The Labute approximate surface area is 185 Å². The molecule has 0 bridgehead atoms. The van der Waals surface area contributed by atoms with Crippen molar-refractivity contribution in [3.8, 4) is 0 Å². The van der Waals surface area contributed by atoms with Crippen LogP contribution in [0.5, 0.6) is 0 Å². The van der Waals surface area contributed by atoms with E-state index in [9.17, 15) is 13.2 Å². The summed E-state index contributed by atoms with van der Waals surface area (Å²) in [5.41, 5.74) is 3.73. The van der Waals surface area contributed by atoms with Crippen LogP contribution in [-0.4, -0.2) is 20.9 Å². The van der Waals surface area contributed by atoms with Crippen LogP contribution in [0.1, 0.15) is 24.8 Å². The molecule has 1 aliphatic heterocycles. The molecule has 1 saturated carbocycles. The predicted octanol–water partition coefficient (Wildman–Crippen LogP) is 5.08. The van der Waals surface area contributed by atoms with Crippen LogP contribution in [-0.2, 0) is 21.2 Å². The zero-order valence-electron chi connectivity index (χ0n) is 17.4. The summed E-state index contributed by atoms with van der Waals surface area (Å²) >= 11 is 0. The van der Waals surface area contributed by atoms with Gasteiger partial charge in [0.25, 0.3) is 10.0 Å². The number of furan rings is 1. The van der Waals surface area contributed by atoms with Gasteiger partial charge < -0.3 is 9.32 Å². The summed E-state index contributed by atoms with van der Waals surface area (Å²) in [6, 6.07) is 17.9. The van der Waals surface area contributed by atoms with Crippen molar-refractivity contribution in [2.45, 2.75) is 30.6 Å². The molecule has 1 aliphatic carbocycles. The second-order valence-corrected chi connectivity index (χ2v) is 10.3. The van der Waals surface area contributed by atoms with E-state index in [1.807, 2.05) is 35.2 Å². The molecule has 6 nitrogen and oxygen atoms in total. The number of carbonyl (C=O) groups is 1. The van der Waals surface area contributed by atoms with Crippen LogP contribution in [0, 0.1) is 5.92 Å². The molecule has 0 saturated heterocycles. The number of aryl methyl sites for hydroxylation is 1. The van der Waals surface area contributed by atoms with Gasteiger partial charge in [-0.1, -0.05) is 24.3 Å². The van der Waals surface area contributed by atoms with Crippen LogP contribution in [0.25, 0.3) is 21.9 Å². The third-order valence-corrected chi connectivity index (χ3v) is 7.69. The molecule has 7 heteroatoms. The number of nitrogens with one attached hydrogen (secondary N) is 1. The number of fused-ring (bicyclic) bond motifs is 4. The number of sulfonamides is 1. The first kappa shape index (κ1) is 19.4. The third-order valence-electron chi connectivity index (χ3n) is 6.31. The highest BCUT2D eigenvalue weighted by molar-refractivity contribution is 7.92. The summed E-state index contributed by atoms with van der Waals surface area (Å²) in [5, 5.41) is 1.64. The second-order valence-electron chi connectivity index (χ2n) is 8.57. The Bertz CT molecular complexity index is 1480. The quantitative estimate of drug-likeness (QED) is 0.474. The van der Waals surface area contributed by atoms with Crippen molar-refractivity contribution in [1.29, 1.82) is 0 Å². The molecule has 2 aliphatic rings. The monoisotopic (exact) mass is 446 g/mol. The maximum atomic E-state index is 13.2. The highest BCUT2D eigenvalue weighted by atomic mass is 32.2. The fourth-order valence-electron chi connectivity index (χ4n) is 4.50. The van der Waals surface area contributed by atoms with Gasteiger partial charge in [0.15, 0.2) is 0 Å². The Kier molecular flexibility index (Phi) is 4.30. The first-order valence-corrected chi connectivity index (χ1v) is 12.4. The molecule has 1 aromatic heterocycles. The van der Waals surface area contributed by atoms with E-state index in [0.29, 0.717) is 17.8 Å². The summed E-state index contributed by atoms with van der Waals surface area (Å²) in [7, 11) is -3.81. The van der Waals surface area contributed by atoms with Crippen molar-refractivity contribution in [2.24, 2.45) is 5.92 Å². The molecule has 4 aromatic rings. The van der Waals surface area contributed by atoms with Crippen LogP contribution in [0.15, 0.2) is 70.0 Å². The van der Waals surface area contributed by atoms with Crippen molar-refractivity contribution in [3.63, 3.8) is 0 Å². The Morgan fingerprint density at radius 2 is 1.78 bits per heavy atom. The Balaban J connectivity index is 1.35. The number of benzene rings is 3. The summed E-state index contributed by atoms with van der Waals surface area (Å²) in [4.78, 5) is 14.7. The topological polar surface area (TPSA) is 79.6 Å². The predicted molar refractivity (Wildman–Crippen MR) is 124 cm³/mol. The van der Waals surface area contributed by atoms with Gasteiger partial charge in [0, 0.05) is 28.9 Å². The molecule has 2 heterocycles. The minimum absolute atomic E-state index is 0.123. The summed E-state index contributed by atoms with van der Waals surface area (Å²) in [6.07, 6.45) is 3.71. The van der Waals surface area contributed by atoms with Crippen LogP contribution in [0.2, 0.25) is 0 Å². The number of amides is 1. The number of hydrogen-bond acceptors (Lipinski definition) is 4. The normalized spacial score (nSPS) is 16.3. The number of nitrogens with zero attached hydrogens (tertiary/aromatic N) is 1. The minimum atomic E-state index is -3.81. The van der Waals surface area contributed by atoms with Crippen LogP contribution >= 0.6 is 0 Å². The molecular formula is C25H22N2O4S. The van der Waals surface area contributed by atoms with Gasteiger partial charge in [-0.2, -0.15) is 0 Å². The largest absolute Gasteiger partial charge is 0.456 e. The molecule has 0 radical (unpaired) electrons. The van der Waals surface area contributed by atoms with Gasteiger partial charge in [-0.15, -0.1) is 0 Å². The van der Waals surface area contributed by atoms with Gasteiger partial charge in [-0.25, -0.2) is 8.42 Å². The van der Waals surface area contributed by atoms with Crippen LogP contribution in [0.3, 0.4) is 0 Å². The second kappa shape index (κ2) is 7.10. The van der Waals surface area contributed by atoms with E-state index in [1.54, 1.807) is 30.3 Å². The zero-order valence-corrected chi connectivity index (χ0v) is 18.2. The van der Waals surface area contributed by atoms with E-state index < -0.39 is 10.0 Å². The maximum absolute atomic E-state index is 13.2. The van der Waals surface area contributed by atoms with Crippen molar-refractivity contribution in [1.82, 2.24) is 0 Å². The molecule has 0 unspecified atom stereocenters. The Morgan fingerprint density at radius 1 is 0.969 bits per heavy atom. The lowest BCUT2D eigenvalue weighted by Gasteiger charge is -2.30. The van der Waals surface area contributed by atoms with Crippen molar-refractivity contribution in [3.05, 3.63) is 66.2 Å². The molecule has 0 atom stereocenters. The summed E-state index contributed by atoms with van der Waals surface area (Å²) < 4.78 is 34.9. The van der Waals surface area contributed by atoms with Gasteiger partial charge in [0.05, 0.1) is 10.6 Å². The number of carbonyl (C=O) groups excluding carboxylic acids is 1. The first-order valence-electron chi connectivity index (χ1n) is 10.9. The Morgan fingerprint density at radius 3 is 2.62 bits per heavy atom. The molecule has 162 valence electrons. The summed E-state index contributed by atoms with van der Waals surface area (Å²) in [5.74, 6) is 0.279. The number of rotatable bonds is 4.